The molecule has 3 nitrogen and oxygen atoms in total. The normalized spacial score (nSPS) is 14.5. The van der Waals surface area contributed by atoms with Crippen LogP contribution in [0, 0.1) is 0 Å². The number of hydrogen-bond acceptors (Lipinski definition) is 3. The minimum Gasteiger partial charge on any atom is -0.389 e. The Kier molecular flexibility index (Phi) is 5.25. The Morgan fingerprint density at radius 3 is 2.53 bits per heavy atom. The van der Waals surface area contributed by atoms with E-state index >= 15 is 0 Å². The highest BCUT2D eigenvalue weighted by atomic mass is 35.5. The van der Waals surface area contributed by atoms with Crippen molar-refractivity contribution in [2.75, 3.05) is 25.7 Å². The van der Waals surface area contributed by atoms with E-state index in [2.05, 4.69) is 11.8 Å². The molecule has 1 aromatic rings. The topological polar surface area (TPSA) is 32.7 Å². The number of nitrogens with zero attached hydrogens (tertiary/aromatic N) is 1. The summed E-state index contributed by atoms with van der Waals surface area (Å²) in [6, 6.07) is 5.87. The van der Waals surface area contributed by atoms with Gasteiger partial charge in [0, 0.05) is 20.2 Å². The number of likely N-dealkylation sites (N-methyl/N-ethyl adjacent to an activating group) is 1. The first-order valence-corrected chi connectivity index (χ1v) is 6.04. The van der Waals surface area contributed by atoms with E-state index in [4.69, 9.17) is 16.3 Å². The van der Waals surface area contributed by atoms with E-state index in [1.54, 1.807) is 20.1 Å². The van der Waals surface area contributed by atoms with Gasteiger partial charge in [0.05, 0.1) is 23.4 Å². The molecule has 0 saturated heterocycles. The minimum absolute atomic E-state index is 0.245. The van der Waals surface area contributed by atoms with E-state index in [-0.39, 0.29) is 6.04 Å². The fraction of sp³-hybridized carbons (Fsp3) is 0.538. The van der Waals surface area contributed by atoms with E-state index in [1.807, 2.05) is 19.2 Å². The Morgan fingerprint density at radius 1 is 1.41 bits per heavy atom. The van der Waals surface area contributed by atoms with E-state index in [1.165, 1.54) is 0 Å². The van der Waals surface area contributed by atoms with Crippen LogP contribution in [-0.4, -0.2) is 31.9 Å². The second-order valence-corrected chi connectivity index (χ2v) is 4.71. The molecule has 2 atom stereocenters. The fourth-order valence-corrected chi connectivity index (χ4v) is 1.98. The molecule has 1 N–H and O–H groups in total. The van der Waals surface area contributed by atoms with Gasteiger partial charge in [-0.1, -0.05) is 17.7 Å². The SMILES string of the molecule is COCC(C)N(C)c1ccc([C@H](C)O)cc1Cl. The van der Waals surface area contributed by atoms with Crippen LogP contribution in [0.5, 0.6) is 0 Å². The Hall–Kier alpha value is -0.770. The third-order valence-corrected chi connectivity index (χ3v) is 3.21. The predicted molar refractivity (Wildman–Crippen MR) is 71.8 cm³/mol. The highest BCUT2D eigenvalue weighted by Crippen LogP contribution is 2.29. The molecule has 4 heteroatoms. The molecule has 1 aromatic carbocycles. The van der Waals surface area contributed by atoms with Crippen molar-refractivity contribution in [1.82, 2.24) is 0 Å². The number of anilines is 1. The van der Waals surface area contributed by atoms with Crippen molar-refractivity contribution in [3.63, 3.8) is 0 Å². The van der Waals surface area contributed by atoms with E-state index in [9.17, 15) is 5.11 Å². The van der Waals surface area contributed by atoms with Gasteiger partial charge in [0.1, 0.15) is 0 Å². The van der Waals surface area contributed by atoms with Gasteiger partial charge < -0.3 is 14.7 Å². The van der Waals surface area contributed by atoms with Crippen molar-refractivity contribution in [3.05, 3.63) is 28.8 Å². The van der Waals surface area contributed by atoms with Gasteiger partial charge in [-0.05, 0) is 31.5 Å². The second-order valence-electron chi connectivity index (χ2n) is 4.30. The van der Waals surface area contributed by atoms with Crippen molar-refractivity contribution in [2.45, 2.75) is 26.0 Å². The molecule has 0 radical (unpaired) electrons. The Morgan fingerprint density at radius 2 is 2.06 bits per heavy atom. The maximum Gasteiger partial charge on any atom is 0.0762 e. The summed E-state index contributed by atoms with van der Waals surface area (Å²) >= 11 is 6.22. The average Bonchev–Trinajstić information content (AvgIpc) is 2.28. The largest absolute Gasteiger partial charge is 0.389 e. The van der Waals surface area contributed by atoms with Crippen molar-refractivity contribution >= 4 is 17.3 Å². The molecule has 0 amide bonds. The average molecular weight is 258 g/mol. The first-order chi connectivity index (χ1) is 7.97. The molecule has 0 aliphatic heterocycles. The molecule has 0 bridgehead atoms. The van der Waals surface area contributed by atoms with E-state index in [0.717, 1.165) is 11.3 Å². The standard InChI is InChI=1S/C13H20ClNO2/c1-9(8-17-4)15(3)13-6-5-11(10(2)16)7-12(13)14/h5-7,9-10,16H,8H2,1-4H3/t9?,10-/m0/s1. The molecule has 17 heavy (non-hydrogen) atoms. The van der Waals surface area contributed by atoms with Crippen molar-refractivity contribution < 1.29 is 9.84 Å². The molecule has 0 aliphatic carbocycles. The molecular formula is C13H20ClNO2. The predicted octanol–water partition coefficient (Wildman–Crippen LogP) is 2.86. The highest BCUT2D eigenvalue weighted by Gasteiger charge is 2.14. The van der Waals surface area contributed by atoms with Crippen LogP contribution in [0.4, 0.5) is 5.69 Å². The summed E-state index contributed by atoms with van der Waals surface area (Å²) < 4.78 is 5.12. The second kappa shape index (κ2) is 6.24. The van der Waals surface area contributed by atoms with Crippen LogP contribution in [0.1, 0.15) is 25.5 Å². The minimum atomic E-state index is -0.497. The molecular weight excluding hydrogens is 238 g/mol. The maximum absolute atomic E-state index is 9.48. The van der Waals surface area contributed by atoms with Crippen LogP contribution in [0.3, 0.4) is 0 Å². The lowest BCUT2D eigenvalue weighted by molar-refractivity contribution is 0.183. The molecule has 0 aromatic heterocycles. The molecule has 1 rings (SSSR count). The van der Waals surface area contributed by atoms with Gasteiger partial charge in [-0.25, -0.2) is 0 Å². The summed E-state index contributed by atoms with van der Waals surface area (Å²) in [5.41, 5.74) is 1.77. The van der Waals surface area contributed by atoms with Crippen molar-refractivity contribution in [3.8, 4) is 0 Å². The van der Waals surface area contributed by atoms with Gasteiger partial charge in [0.2, 0.25) is 0 Å². The molecule has 0 aliphatic rings. The number of methoxy groups -OCH3 is 1. The lowest BCUT2D eigenvalue weighted by Crippen LogP contribution is -2.32. The fourth-order valence-electron chi connectivity index (χ4n) is 1.66. The molecule has 96 valence electrons. The first-order valence-electron chi connectivity index (χ1n) is 5.66. The highest BCUT2D eigenvalue weighted by molar-refractivity contribution is 6.33. The summed E-state index contributed by atoms with van der Waals surface area (Å²) in [6.45, 7) is 4.44. The number of halogens is 1. The quantitative estimate of drug-likeness (QED) is 0.881. The number of rotatable bonds is 5. The molecule has 1 unspecified atom stereocenters. The number of benzene rings is 1. The van der Waals surface area contributed by atoms with Crippen LogP contribution in [0.2, 0.25) is 5.02 Å². The number of ether oxygens (including phenoxy) is 1. The zero-order chi connectivity index (χ0) is 13.0. The van der Waals surface area contributed by atoms with Gasteiger partial charge in [0.25, 0.3) is 0 Å². The van der Waals surface area contributed by atoms with Gasteiger partial charge in [0.15, 0.2) is 0 Å². The first kappa shape index (κ1) is 14.3. The summed E-state index contributed by atoms with van der Waals surface area (Å²) in [6.07, 6.45) is -0.497. The number of aliphatic hydroxyl groups is 1. The zero-order valence-corrected chi connectivity index (χ0v) is 11.5. The lowest BCUT2D eigenvalue weighted by Gasteiger charge is -2.27. The van der Waals surface area contributed by atoms with E-state index < -0.39 is 6.10 Å². The molecule has 0 spiro atoms. The Bertz CT molecular complexity index is 368. The van der Waals surface area contributed by atoms with E-state index in [0.29, 0.717) is 11.6 Å². The van der Waals surface area contributed by atoms with Crippen LogP contribution >= 0.6 is 11.6 Å². The van der Waals surface area contributed by atoms with Gasteiger partial charge in [-0.15, -0.1) is 0 Å². The third kappa shape index (κ3) is 3.60. The number of hydrogen-bond donors (Lipinski definition) is 1. The molecule has 0 heterocycles. The lowest BCUT2D eigenvalue weighted by atomic mass is 10.1. The van der Waals surface area contributed by atoms with Crippen LogP contribution < -0.4 is 4.90 Å². The monoisotopic (exact) mass is 257 g/mol. The smallest absolute Gasteiger partial charge is 0.0762 e. The third-order valence-electron chi connectivity index (χ3n) is 2.90. The molecule has 0 saturated carbocycles. The Balaban J connectivity index is 2.91. The van der Waals surface area contributed by atoms with Crippen LogP contribution in [0.15, 0.2) is 18.2 Å². The summed E-state index contributed by atoms with van der Waals surface area (Å²) in [5, 5.41) is 10.1. The maximum atomic E-state index is 9.48. The summed E-state index contributed by atoms with van der Waals surface area (Å²) in [5.74, 6) is 0. The van der Waals surface area contributed by atoms with Gasteiger partial charge in [-0.2, -0.15) is 0 Å². The van der Waals surface area contributed by atoms with Crippen molar-refractivity contribution in [2.24, 2.45) is 0 Å². The molecule has 0 fully saturated rings. The van der Waals surface area contributed by atoms with Crippen LogP contribution in [-0.2, 0) is 4.74 Å². The van der Waals surface area contributed by atoms with Gasteiger partial charge in [-0.3, -0.25) is 0 Å². The summed E-state index contributed by atoms with van der Waals surface area (Å²) in [7, 11) is 3.66. The van der Waals surface area contributed by atoms with Crippen molar-refractivity contribution in [1.29, 1.82) is 0 Å². The van der Waals surface area contributed by atoms with Gasteiger partial charge >= 0.3 is 0 Å². The zero-order valence-electron chi connectivity index (χ0n) is 10.8. The Labute approximate surface area is 108 Å². The number of aliphatic hydroxyl groups excluding tert-OH is 1. The summed E-state index contributed by atoms with van der Waals surface area (Å²) in [4.78, 5) is 2.07. The van der Waals surface area contributed by atoms with Crippen LogP contribution in [0.25, 0.3) is 0 Å².